The van der Waals surface area contributed by atoms with Crippen molar-refractivity contribution < 1.29 is 8.78 Å². The molecule has 0 spiro atoms. The van der Waals surface area contributed by atoms with Crippen molar-refractivity contribution in [3.05, 3.63) is 57.6 Å². The smallest absolute Gasteiger partial charge is 0.266 e. The van der Waals surface area contributed by atoms with Crippen LogP contribution in [0.15, 0.2) is 52.3 Å². The van der Waals surface area contributed by atoms with Crippen molar-refractivity contribution in [1.29, 1.82) is 0 Å². The zero-order chi connectivity index (χ0) is 15.2. The molecule has 0 unspecified atom stereocenters. The molecule has 110 valence electrons. The molecule has 6 heteroatoms. The lowest BCUT2D eigenvalue weighted by Crippen LogP contribution is -1.97. The number of rotatable bonds is 5. The van der Waals surface area contributed by atoms with Gasteiger partial charge in [-0.25, -0.2) is 4.98 Å². The summed E-state index contributed by atoms with van der Waals surface area (Å²) in [7, 11) is 0. The third-order valence-electron chi connectivity index (χ3n) is 2.58. The second-order valence-electron chi connectivity index (χ2n) is 4.32. The molecule has 2 nitrogen and oxygen atoms in total. The second kappa shape index (κ2) is 7.47. The normalized spacial score (nSPS) is 10.4. The van der Waals surface area contributed by atoms with Gasteiger partial charge in [0.1, 0.15) is 10.0 Å². The maximum absolute atomic E-state index is 11.9. The van der Waals surface area contributed by atoms with Crippen LogP contribution in [-0.4, -0.2) is 10.7 Å². The minimum Gasteiger partial charge on any atom is -0.278 e. The summed E-state index contributed by atoms with van der Waals surface area (Å²) in [5, 5.41) is 1.23. The Balaban J connectivity index is 2.18. The summed E-state index contributed by atoms with van der Waals surface area (Å²) in [6.07, 6.45) is -0.553. The van der Waals surface area contributed by atoms with Crippen LogP contribution >= 0.6 is 23.1 Å². The van der Waals surface area contributed by atoms with E-state index < -0.39 is 6.08 Å². The Bertz CT molecular complexity index is 709. The first-order valence-electron chi connectivity index (χ1n) is 6.28. The number of hydrogen-bond acceptors (Lipinski definition) is 4. The van der Waals surface area contributed by atoms with Crippen molar-refractivity contribution in [1.82, 2.24) is 4.98 Å². The number of aromatic nitrogens is 1. The summed E-state index contributed by atoms with van der Waals surface area (Å²) in [4.78, 5) is 16.2. The predicted molar refractivity (Wildman–Crippen MR) is 84.2 cm³/mol. The highest BCUT2D eigenvalue weighted by molar-refractivity contribution is 7.99. The van der Waals surface area contributed by atoms with Crippen LogP contribution < -0.4 is 4.74 Å². The first-order chi connectivity index (χ1) is 10.0. The first kappa shape index (κ1) is 15.9. The monoisotopic (exact) mass is 325 g/mol. The Labute approximate surface area is 129 Å². The SMILES string of the molecule is Cc1cccc(-c2nc(SCCC=C(F)F)cc(=O)s2)c1. The van der Waals surface area contributed by atoms with Gasteiger partial charge in [-0.1, -0.05) is 35.1 Å². The minimum absolute atomic E-state index is 0.0868. The van der Waals surface area contributed by atoms with Gasteiger partial charge < -0.3 is 0 Å². The lowest BCUT2D eigenvalue weighted by atomic mass is 10.1. The Hall–Kier alpha value is -1.53. The van der Waals surface area contributed by atoms with Gasteiger partial charge in [0.2, 0.25) is 4.74 Å². The van der Waals surface area contributed by atoms with Gasteiger partial charge in [-0.15, -0.1) is 11.8 Å². The molecule has 0 saturated heterocycles. The molecule has 0 radical (unpaired) electrons. The number of thioether (sulfide) groups is 1. The number of nitrogens with zero attached hydrogens (tertiary/aromatic N) is 1. The van der Waals surface area contributed by atoms with Gasteiger partial charge in [0.05, 0.1) is 0 Å². The lowest BCUT2D eigenvalue weighted by molar-refractivity contribution is 0.418. The molecule has 21 heavy (non-hydrogen) atoms. The van der Waals surface area contributed by atoms with Gasteiger partial charge in [-0.05, 0) is 25.5 Å². The van der Waals surface area contributed by atoms with Crippen LogP contribution in [0.5, 0.6) is 0 Å². The van der Waals surface area contributed by atoms with Crippen LogP contribution in [-0.2, 0) is 0 Å². The van der Waals surface area contributed by atoms with E-state index in [9.17, 15) is 13.6 Å². The molecular formula is C15H13F2NOS2. The molecule has 0 aliphatic carbocycles. The molecule has 0 N–H and O–H groups in total. The summed E-state index contributed by atoms with van der Waals surface area (Å²) >= 11 is 2.39. The fourth-order valence-electron chi connectivity index (χ4n) is 1.69. The summed E-state index contributed by atoms with van der Waals surface area (Å²) < 4.78 is 23.8. The third kappa shape index (κ3) is 5.06. The molecule has 0 atom stereocenters. The van der Waals surface area contributed by atoms with Gasteiger partial charge in [0.25, 0.3) is 6.08 Å². The molecular weight excluding hydrogens is 312 g/mol. The molecule has 1 aromatic heterocycles. The van der Waals surface area contributed by atoms with Gasteiger partial charge in [-0.3, -0.25) is 4.79 Å². The maximum atomic E-state index is 11.9. The second-order valence-corrected chi connectivity index (χ2v) is 6.43. The van der Waals surface area contributed by atoms with Gasteiger partial charge >= 0.3 is 0 Å². The van der Waals surface area contributed by atoms with Crippen molar-refractivity contribution in [3.8, 4) is 10.6 Å². The van der Waals surface area contributed by atoms with E-state index in [1.807, 2.05) is 31.2 Å². The highest BCUT2D eigenvalue weighted by Gasteiger charge is 2.05. The molecule has 0 bridgehead atoms. The van der Waals surface area contributed by atoms with Gasteiger partial charge in [-0.2, -0.15) is 8.78 Å². The Morgan fingerprint density at radius 2 is 2.19 bits per heavy atom. The summed E-state index contributed by atoms with van der Waals surface area (Å²) in [5.41, 5.74) is 1.99. The quantitative estimate of drug-likeness (QED) is 0.587. The number of aryl methyl sites for hydroxylation is 1. The molecule has 0 amide bonds. The number of hydrogen-bond donors (Lipinski definition) is 0. The molecule has 0 aliphatic heterocycles. The summed E-state index contributed by atoms with van der Waals surface area (Å²) in [5.74, 6) is 0.464. The fraction of sp³-hybridized carbons (Fsp3) is 0.200. The van der Waals surface area contributed by atoms with E-state index in [1.165, 1.54) is 17.8 Å². The van der Waals surface area contributed by atoms with E-state index in [0.29, 0.717) is 15.8 Å². The minimum atomic E-state index is -1.68. The zero-order valence-corrected chi connectivity index (χ0v) is 12.9. The van der Waals surface area contributed by atoms with Crippen molar-refractivity contribution in [2.24, 2.45) is 0 Å². The first-order valence-corrected chi connectivity index (χ1v) is 8.08. The van der Waals surface area contributed by atoms with E-state index in [-0.39, 0.29) is 11.2 Å². The van der Waals surface area contributed by atoms with E-state index in [2.05, 4.69) is 4.98 Å². The van der Waals surface area contributed by atoms with Crippen LogP contribution in [0, 0.1) is 6.92 Å². The summed E-state index contributed by atoms with van der Waals surface area (Å²) in [6.45, 7) is 1.97. The number of allylic oxidation sites excluding steroid dienone is 1. The third-order valence-corrected chi connectivity index (χ3v) is 4.37. The summed E-state index contributed by atoms with van der Waals surface area (Å²) in [6, 6.07) is 9.21. The van der Waals surface area contributed by atoms with Crippen LogP contribution in [0.2, 0.25) is 0 Å². The van der Waals surface area contributed by atoms with E-state index in [1.54, 1.807) is 0 Å². The Morgan fingerprint density at radius 1 is 1.38 bits per heavy atom. The molecule has 0 saturated carbocycles. The zero-order valence-electron chi connectivity index (χ0n) is 11.3. The van der Waals surface area contributed by atoms with Crippen LogP contribution in [0.4, 0.5) is 8.78 Å². The number of benzene rings is 1. The topological polar surface area (TPSA) is 30.0 Å². The lowest BCUT2D eigenvalue weighted by Gasteiger charge is -2.03. The van der Waals surface area contributed by atoms with Crippen molar-refractivity contribution in [3.63, 3.8) is 0 Å². The molecule has 1 aromatic carbocycles. The predicted octanol–water partition coefficient (Wildman–Crippen LogP) is 4.74. The van der Waals surface area contributed by atoms with E-state index in [0.717, 1.165) is 28.5 Å². The number of halogens is 2. The molecule has 0 aliphatic rings. The van der Waals surface area contributed by atoms with Crippen LogP contribution in [0.3, 0.4) is 0 Å². The molecule has 1 heterocycles. The van der Waals surface area contributed by atoms with Crippen LogP contribution in [0.1, 0.15) is 12.0 Å². The van der Waals surface area contributed by atoms with Crippen molar-refractivity contribution in [2.45, 2.75) is 18.4 Å². The molecule has 2 rings (SSSR count). The highest BCUT2D eigenvalue weighted by Crippen LogP contribution is 2.24. The molecule has 0 fully saturated rings. The Morgan fingerprint density at radius 3 is 2.90 bits per heavy atom. The largest absolute Gasteiger partial charge is 0.278 e. The molecule has 2 aromatic rings. The standard InChI is InChI=1S/C15H13F2NOS2/c1-10-4-2-5-11(8-10)15-18-13(9-14(19)21-15)20-7-3-6-12(16)17/h2,4-6,8-9H,3,7H2,1H3. The van der Waals surface area contributed by atoms with Crippen molar-refractivity contribution >= 4 is 23.1 Å². The fourth-order valence-corrected chi connectivity index (χ4v) is 3.36. The highest BCUT2D eigenvalue weighted by atomic mass is 32.2. The van der Waals surface area contributed by atoms with E-state index >= 15 is 0 Å². The van der Waals surface area contributed by atoms with Gasteiger partial charge in [0.15, 0.2) is 0 Å². The average Bonchev–Trinajstić information content (AvgIpc) is 2.43. The van der Waals surface area contributed by atoms with Crippen molar-refractivity contribution in [2.75, 3.05) is 5.75 Å². The van der Waals surface area contributed by atoms with E-state index in [4.69, 9.17) is 0 Å². The van der Waals surface area contributed by atoms with Gasteiger partial charge in [0, 0.05) is 17.4 Å². The Kier molecular flexibility index (Phi) is 5.64. The average molecular weight is 325 g/mol. The van der Waals surface area contributed by atoms with Crippen LogP contribution in [0.25, 0.3) is 10.6 Å². The maximum Gasteiger partial charge on any atom is 0.266 e.